The van der Waals surface area contributed by atoms with Gasteiger partial charge in [-0.1, -0.05) is 12.1 Å². The van der Waals surface area contributed by atoms with Gasteiger partial charge in [0.2, 0.25) is 5.88 Å². The number of morpholine rings is 1. The molecule has 2 unspecified atom stereocenters. The van der Waals surface area contributed by atoms with Gasteiger partial charge in [0.25, 0.3) is 5.91 Å². The SMILES string of the molecule is Cc1ccc(NC(=O)c2ccc3c(c2)C(C)(F)CC3)cc1-c1cc(OCCOC2CCCCO2)nc(N2CCOCC2)c1. The number of pyridine rings is 1. The highest BCUT2D eigenvalue weighted by Crippen LogP contribution is 2.40. The maximum Gasteiger partial charge on any atom is 0.255 e. The third-order valence-corrected chi connectivity index (χ3v) is 8.50. The summed E-state index contributed by atoms with van der Waals surface area (Å²) >= 11 is 0. The average Bonchev–Trinajstić information content (AvgIpc) is 3.34. The number of benzene rings is 2. The van der Waals surface area contributed by atoms with E-state index in [0.29, 0.717) is 62.0 Å². The van der Waals surface area contributed by atoms with Gasteiger partial charge >= 0.3 is 0 Å². The van der Waals surface area contributed by atoms with Crippen LogP contribution in [0.1, 0.15) is 59.7 Å². The minimum absolute atomic E-state index is 0.167. The molecule has 6 rings (SSSR count). The van der Waals surface area contributed by atoms with Gasteiger partial charge in [-0.2, -0.15) is 4.98 Å². The molecule has 0 radical (unpaired) electrons. The summed E-state index contributed by atoms with van der Waals surface area (Å²) in [6, 6.07) is 15.2. The molecule has 2 aromatic carbocycles. The quantitative estimate of drug-likeness (QED) is 0.298. The van der Waals surface area contributed by atoms with Gasteiger partial charge in [-0.05, 0) is 104 Å². The lowest BCUT2D eigenvalue weighted by molar-refractivity contribution is -0.165. The molecule has 228 valence electrons. The van der Waals surface area contributed by atoms with Crippen LogP contribution in [0.25, 0.3) is 11.1 Å². The molecule has 3 heterocycles. The lowest BCUT2D eigenvalue weighted by Gasteiger charge is -2.28. The topological polar surface area (TPSA) is 82.2 Å². The van der Waals surface area contributed by atoms with Gasteiger partial charge in [-0.25, -0.2) is 4.39 Å². The second-order valence-corrected chi connectivity index (χ2v) is 11.7. The van der Waals surface area contributed by atoms with Crippen molar-refractivity contribution in [3.63, 3.8) is 0 Å². The number of anilines is 2. The maximum atomic E-state index is 15.0. The van der Waals surface area contributed by atoms with Gasteiger partial charge in [0.1, 0.15) is 18.1 Å². The first-order chi connectivity index (χ1) is 20.9. The second-order valence-electron chi connectivity index (χ2n) is 11.7. The van der Waals surface area contributed by atoms with Crippen molar-refractivity contribution in [1.29, 1.82) is 0 Å². The molecule has 3 aliphatic rings. The molecule has 0 spiro atoms. The summed E-state index contributed by atoms with van der Waals surface area (Å²) in [7, 11) is 0. The molecule has 2 aliphatic heterocycles. The molecule has 0 bridgehead atoms. The zero-order valence-corrected chi connectivity index (χ0v) is 25.0. The van der Waals surface area contributed by atoms with Gasteiger partial charge < -0.3 is 29.2 Å². The van der Waals surface area contributed by atoms with Crippen molar-refractivity contribution in [3.05, 3.63) is 70.8 Å². The van der Waals surface area contributed by atoms with Gasteiger partial charge in [0, 0.05) is 37.0 Å². The molecule has 1 aromatic heterocycles. The van der Waals surface area contributed by atoms with Gasteiger partial charge in [0.15, 0.2) is 6.29 Å². The van der Waals surface area contributed by atoms with Crippen LogP contribution in [0.5, 0.6) is 5.88 Å². The number of fused-ring (bicyclic) bond motifs is 1. The predicted octanol–water partition coefficient (Wildman–Crippen LogP) is 6.20. The van der Waals surface area contributed by atoms with Crippen LogP contribution in [0.2, 0.25) is 0 Å². The third-order valence-electron chi connectivity index (χ3n) is 8.50. The number of aryl methyl sites for hydroxylation is 2. The molecule has 2 saturated heterocycles. The summed E-state index contributed by atoms with van der Waals surface area (Å²) < 4.78 is 38.1. The Bertz CT molecular complexity index is 1450. The average molecular weight is 590 g/mol. The molecule has 1 N–H and O–H groups in total. The normalized spacial score (nSPS) is 21.8. The summed E-state index contributed by atoms with van der Waals surface area (Å²) in [5, 5.41) is 3.02. The molecular formula is C34H40FN3O5. The number of rotatable bonds is 9. The van der Waals surface area contributed by atoms with Gasteiger partial charge in [-0.15, -0.1) is 0 Å². The van der Waals surface area contributed by atoms with E-state index in [4.69, 9.17) is 23.9 Å². The van der Waals surface area contributed by atoms with E-state index in [-0.39, 0.29) is 12.2 Å². The molecule has 0 saturated carbocycles. The van der Waals surface area contributed by atoms with Crippen molar-refractivity contribution in [2.75, 3.05) is 56.3 Å². The molecule has 8 nitrogen and oxygen atoms in total. The molecule has 3 aromatic rings. The van der Waals surface area contributed by atoms with E-state index in [1.165, 1.54) is 0 Å². The number of hydrogen-bond donors (Lipinski definition) is 1. The van der Waals surface area contributed by atoms with Crippen molar-refractivity contribution in [3.8, 4) is 17.0 Å². The number of nitrogens with zero attached hydrogens (tertiary/aromatic N) is 2. The van der Waals surface area contributed by atoms with E-state index in [2.05, 4.69) is 16.3 Å². The number of halogens is 1. The Hall–Kier alpha value is -3.53. The smallest absolute Gasteiger partial charge is 0.255 e. The maximum absolute atomic E-state index is 15.0. The largest absolute Gasteiger partial charge is 0.475 e. The number of hydrogen-bond acceptors (Lipinski definition) is 7. The number of amides is 1. The van der Waals surface area contributed by atoms with Crippen LogP contribution in [-0.4, -0.2) is 63.3 Å². The van der Waals surface area contributed by atoms with E-state index in [0.717, 1.165) is 67.0 Å². The molecule has 43 heavy (non-hydrogen) atoms. The lowest BCUT2D eigenvalue weighted by atomic mass is 9.97. The highest BCUT2D eigenvalue weighted by Gasteiger charge is 2.34. The Morgan fingerprint density at radius 2 is 1.95 bits per heavy atom. The molecule has 2 atom stereocenters. The minimum atomic E-state index is -1.41. The van der Waals surface area contributed by atoms with Crippen molar-refractivity contribution in [2.24, 2.45) is 0 Å². The molecule has 2 fully saturated rings. The Morgan fingerprint density at radius 1 is 1.09 bits per heavy atom. The fraction of sp³-hybridized carbons (Fsp3) is 0.471. The fourth-order valence-corrected chi connectivity index (χ4v) is 5.98. The van der Waals surface area contributed by atoms with E-state index < -0.39 is 5.67 Å². The molecule has 1 amide bonds. The number of ether oxygens (including phenoxy) is 4. The van der Waals surface area contributed by atoms with Crippen LogP contribution in [-0.2, 0) is 26.3 Å². The highest BCUT2D eigenvalue weighted by molar-refractivity contribution is 6.04. The Kier molecular flexibility index (Phi) is 8.93. The third kappa shape index (κ3) is 7.00. The van der Waals surface area contributed by atoms with Crippen molar-refractivity contribution >= 4 is 17.4 Å². The zero-order chi connectivity index (χ0) is 29.8. The number of carbonyl (C=O) groups is 1. The van der Waals surface area contributed by atoms with Gasteiger partial charge in [-0.3, -0.25) is 4.79 Å². The number of carbonyl (C=O) groups excluding carboxylic acids is 1. The summed E-state index contributed by atoms with van der Waals surface area (Å²) in [5.74, 6) is 1.05. The number of nitrogens with one attached hydrogen (secondary N) is 1. The summed E-state index contributed by atoms with van der Waals surface area (Å²) in [6.07, 6.45) is 4.07. The summed E-state index contributed by atoms with van der Waals surface area (Å²) in [5.41, 5.74) is 4.22. The summed E-state index contributed by atoms with van der Waals surface area (Å²) in [4.78, 5) is 20.2. The first kappa shape index (κ1) is 29.5. The van der Waals surface area contributed by atoms with Crippen LogP contribution in [0.15, 0.2) is 48.5 Å². The second kappa shape index (κ2) is 13.0. The van der Waals surface area contributed by atoms with E-state index >= 15 is 0 Å². The van der Waals surface area contributed by atoms with Crippen LogP contribution in [0, 0.1) is 6.92 Å². The van der Waals surface area contributed by atoms with E-state index in [1.54, 1.807) is 19.1 Å². The first-order valence-electron chi connectivity index (χ1n) is 15.3. The van der Waals surface area contributed by atoms with Crippen molar-refractivity contribution in [1.82, 2.24) is 4.98 Å². The Labute approximate surface area is 252 Å². The zero-order valence-electron chi connectivity index (χ0n) is 25.0. The number of aromatic nitrogens is 1. The minimum Gasteiger partial charge on any atom is -0.475 e. The number of alkyl halides is 1. The first-order valence-corrected chi connectivity index (χ1v) is 15.3. The van der Waals surface area contributed by atoms with E-state index in [1.807, 2.05) is 37.3 Å². The lowest BCUT2D eigenvalue weighted by Crippen LogP contribution is -2.36. The standard InChI is InChI=1S/C34H40FN3O5/c1-23-6-9-27(36-33(39)25-8-7-24-10-11-34(2,35)29(24)19-25)22-28(23)26-20-30(38-12-15-40-16-13-38)37-31(21-26)41-17-18-43-32-5-3-4-14-42-32/h6-9,19-22,32H,3-5,10-18H2,1-2H3,(H,36,39). The van der Waals surface area contributed by atoms with Crippen LogP contribution in [0.4, 0.5) is 15.9 Å². The van der Waals surface area contributed by atoms with Crippen molar-refractivity contribution < 1.29 is 28.1 Å². The fourth-order valence-electron chi connectivity index (χ4n) is 5.98. The molecule has 9 heteroatoms. The molecule has 1 aliphatic carbocycles. The van der Waals surface area contributed by atoms with Crippen molar-refractivity contribution in [2.45, 2.75) is 57.9 Å². The highest BCUT2D eigenvalue weighted by atomic mass is 19.1. The predicted molar refractivity (Wildman–Crippen MR) is 164 cm³/mol. The van der Waals surface area contributed by atoms with Crippen LogP contribution in [0.3, 0.4) is 0 Å². The Morgan fingerprint density at radius 3 is 2.77 bits per heavy atom. The van der Waals surface area contributed by atoms with E-state index in [9.17, 15) is 9.18 Å². The van der Waals surface area contributed by atoms with Crippen LogP contribution >= 0.6 is 0 Å². The Balaban J connectivity index is 1.21. The monoisotopic (exact) mass is 589 g/mol. The summed E-state index contributed by atoms with van der Waals surface area (Å²) in [6.45, 7) is 7.89. The van der Waals surface area contributed by atoms with Gasteiger partial charge in [0.05, 0.1) is 19.8 Å². The van der Waals surface area contributed by atoms with Crippen LogP contribution < -0.4 is 15.0 Å². The molecular weight excluding hydrogens is 549 g/mol.